The third-order valence-corrected chi connectivity index (χ3v) is 3.16. The fourth-order valence-corrected chi connectivity index (χ4v) is 1.78. The summed E-state index contributed by atoms with van der Waals surface area (Å²) >= 11 is 0. The predicted octanol–water partition coefficient (Wildman–Crippen LogP) is 5.08. The van der Waals surface area contributed by atoms with Crippen molar-refractivity contribution in [2.45, 2.75) is 33.1 Å². The smallest absolute Gasteiger partial charge is 0.416 e. The van der Waals surface area contributed by atoms with Crippen molar-refractivity contribution in [2.24, 2.45) is 0 Å². The minimum absolute atomic E-state index is 0.0138. The SMILES string of the molecule is CCOC(=O)/C(C)=C(\C)c1cc(C(F)(F)F)cc(C(F)(F)F)c1. The molecule has 0 radical (unpaired) electrons. The van der Waals surface area contributed by atoms with Crippen molar-refractivity contribution < 1.29 is 35.9 Å². The number of allylic oxidation sites excluding steroid dienone is 1. The summed E-state index contributed by atoms with van der Waals surface area (Å²) in [5.74, 6) is -0.795. The molecule has 0 amide bonds. The van der Waals surface area contributed by atoms with Crippen LogP contribution in [0.25, 0.3) is 5.57 Å². The Morgan fingerprint density at radius 1 is 0.957 bits per heavy atom. The van der Waals surface area contributed by atoms with Crippen LogP contribution >= 0.6 is 0 Å². The molecule has 23 heavy (non-hydrogen) atoms. The van der Waals surface area contributed by atoms with E-state index in [1.54, 1.807) is 0 Å². The van der Waals surface area contributed by atoms with Crippen LogP contribution in [0.15, 0.2) is 23.8 Å². The first-order chi connectivity index (χ1) is 10.4. The van der Waals surface area contributed by atoms with Gasteiger partial charge in [0, 0.05) is 5.57 Å². The Morgan fingerprint density at radius 2 is 1.39 bits per heavy atom. The molecule has 1 rings (SSSR count). The number of rotatable bonds is 3. The highest BCUT2D eigenvalue weighted by Crippen LogP contribution is 2.38. The lowest BCUT2D eigenvalue weighted by molar-refractivity contribution is -0.143. The van der Waals surface area contributed by atoms with Crippen LogP contribution < -0.4 is 0 Å². The van der Waals surface area contributed by atoms with E-state index >= 15 is 0 Å². The van der Waals surface area contributed by atoms with Gasteiger partial charge < -0.3 is 4.74 Å². The molecular formula is C15H14F6O2. The third-order valence-electron chi connectivity index (χ3n) is 3.16. The van der Waals surface area contributed by atoms with E-state index in [4.69, 9.17) is 4.74 Å². The Balaban J connectivity index is 3.52. The van der Waals surface area contributed by atoms with Gasteiger partial charge in [0.2, 0.25) is 0 Å². The van der Waals surface area contributed by atoms with E-state index in [1.165, 1.54) is 20.8 Å². The molecule has 0 atom stereocenters. The summed E-state index contributed by atoms with van der Waals surface area (Å²) in [4.78, 5) is 11.6. The molecule has 0 spiro atoms. The third kappa shape index (κ3) is 4.74. The number of hydrogen-bond acceptors (Lipinski definition) is 2. The minimum Gasteiger partial charge on any atom is -0.463 e. The Bertz CT molecular complexity index is 594. The van der Waals surface area contributed by atoms with Crippen LogP contribution in [0.1, 0.15) is 37.5 Å². The summed E-state index contributed by atoms with van der Waals surface area (Å²) in [5.41, 5.74) is -3.27. The van der Waals surface area contributed by atoms with E-state index in [-0.39, 0.29) is 29.4 Å². The van der Waals surface area contributed by atoms with Crippen LogP contribution in [0.4, 0.5) is 26.3 Å². The summed E-state index contributed by atoms with van der Waals surface area (Å²) in [7, 11) is 0. The van der Waals surface area contributed by atoms with E-state index in [0.29, 0.717) is 12.1 Å². The van der Waals surface area contributed by atoms with E-state index < -0.39 is 29.4 Å². The van der Waals surface area contributed by atoms with Crippen molar-refractivity contribution in [2.75, 3.05) is 6.61 Å². The largest absolute Gasteiger partial charge is 0.463 e. The fourth-order valence-electron chi connectivity index (χ4n) is 1.78. The van der Waals surface area contributed by atoms with Crippen LogP contribution in [-0.4, -0.2) is 12.6 Å². The Morgan fingerprint density at radius 3 is 1.74 bits per heavy atom. The van der Waals surface area contributed by atoms with Gasteiger partial charge in [0.25, 0.3) is 0 Å². The maximum Gasteiger partial charge on any atom is 0.416 e. The lowest BCUT2D eigenvalue weighted by Gasteiger charge is -2.15. The molecule has 0 fully saturated rings. The van der Waals surface area contributed by atoms with Crippen molar-refractivity contribution in [1.29, 1.82) is 0 Å². The van der Waals surface area contributed by atoms with Gasteiger partial charge in [-0.2, -0.15) is 26.3 Å². The molecule has 0 aliphatic carbocycles. The number of halogens is 6. The first-order valence-corrected chi connectivity index (χ1v) is 6.52. The van der Waals surface area contributed by atoms with Gasteiger partial charge in [-0.15, -0.1) is 0 Å². The molecule has 0 N–H and O–H groups in total. The van der Waals surface area contributed by atoms with Gasteiger partial charge in [-0.1, -0.05) is 0 Å². The number of alkyl halides is 6. The molecule has 1 aromatic rings. The number of hydrogen-bond donors (Lipinski definition) is 0. The highest BCUT2D eigenvalue weighted by Gasteiger charge is 2.37. The average Bonchev–Trinajstić information content (AvgIpc) is 2.43. The van der Waals surface area contributed by atoms with E-state index in [9.17, 15) is 31.1 Å². The summed E-state index contributed by atoms with van der Waals surface area (Å²) in [6.45, 7) is 4.12. The monoisotopic (exact) mass is 340 g/mol. The number of esters is 1. The van der Waals surface area contributed by atoms with Crippen LogP contribution in [0, 0.1) is 0 Å². The Kier molecular flexibility index (Phi) is 5.50. The zero-order valence-corrected chi connectivity index (χ0v) is 12.5. The Hall–Kier alpha value is -1.99. The second-order valence-electron chi connectivity index (χ2n) is 4.77. The zero-order chi connectivity index (χ0) is 18.0. The van der Waals surface area contributed by atoms with Crippen molar-refractivity contribution in [3.8, 4) is 0 Å². The van der Waals surface area contributed by atoms with Gasteiger partial charge in [-0.25, -0.2) is 4.79 Å². The molecule has 2 nitrogen and oxygen atoms in total. The molecule has 0 saturated carbocycles. The average molecular weight is 340 g/mol. The highest BCUT2D eigenvalue weighted by atomic mass is 19.4. The topological polar surface area (TPSA) is 26.3 Å². The number of carbonyl (C=O) groups is 1. The van der Waals surface area contributed by atoms with E-state index in [1.807, 2.05) is 0 Å². The van der Waals surface area contributed by atoms with Crippen LogP contribution in [0.2, 0.25) is 0 Å². The van der Waals surface area contributed by atoms with Crippen LogP contribution in [0.5, 0.6) is 0 Å². The molecule has 0 aliphatic heterocycles. The summed E-state index contributed by atoms with van der Waals surface area (Å²) in [5, 5.41) is 0. The van der Waals surface area contributed by atoms with E-state index in [0.717, 1.165) is 0 Å². The molecule has 1 aromatic carbocycles. The molecule has 0 aromatic heterocycles. The van der Waals surface area contributed by atoms with E-state index in [2.05, 4.69) is 0 Å². The summed E-state index contributed by atoms with van der Waals surface area (Å²) in [6.07, 6.45) is -9.87. The highest BCUT2D eigenvalue weighted by molar-refractivity contribution is 5.96. The molecule has 0 unspecified atom stereocenters. The quantitative estimate of drug-likeness (QED) is 0.436. The summed E-state index contributed by atoms with van der Waals surface area (Å²) < 4.78 is 81.5. The van der Waals surface area contributed by atoms with Gasteiger partial charge in [-0.3, -0.25) is 0 Å². The van der Waals surface area contributed by atoms with Crippen molar-refractivity contribution in [3.05, 3.63) is 40.5 Å². The second-order valence-corrected chi connectivity index (χ2v) is 4.77. The molecule has 8 heteroatoms. The van der Waals surface area contributed by atoms with Crippen molar-refractivity contribution in [1.82, 2.24) is 0 Å². The maximum atomic E-state index is 12.8. The molecule has 0 aliphatic rings. The fraction of sp³-hybridized carbons (Fsp3) is 0.400. The lowest BCUT2D eigenvalue weighted by atomic mass is 9.97. The predicted molar refractivity (Wildman–Crippen MR) is 71.3 cm³/mol. The number of benzene rings is 1. The van der Waals surface area contributed by atoms with Gasteiger partial charge in [0.15, 0.2) is 0 Å². The molecule has 128 valence electrons. The van der Waals surface area contributed by atoms with Crippen molar-refractivity contribution >= 4 is 11.5 Å². The van der Waals surface area contributed by atoms with Gasteiger partial charge in [-0.05, 0) is 50.1 Å². The van der Waals surface area contributed by atoms with Gasteiger partial charge >= 0.3 is 18.3 Å². The van der Waals surface area contributed by atoms with Crippen LogP contribution in [0.3, 0.4) is 0 Å². The normalized spacial score (nSPS) is 13.6. The molecular weight excluding hydrogens is 326 g/mol. The van der Waals surface area contributed by atoms with Crippen LogP contribution in [-0.2, 0) is 21.9 Å². The van der Waals surface area contributed by atoms with Crippen molar-refractivity contribution in [3.63, 3.8) is 0 Å². The van der Waals surface area contributed by atoms with Gasteiger partial charge in [0.05, 0.1) is 17.7 Å². The standard InChI is InChI=1S/C15H14F6O2/c1-4-23-13(22)9(3)8(2)10-5-11(14(16,17)18)7-12(6-10)15(19,20)21/h5-7H,4H2,1-3H3/b9-8+. The first-order valence-electron chi connectivity index (χ1n) is 6.52. The number of carbonyl (C=O) groups excluding carboxylic acids is 1. The zero-order valence-electron chi connectivity index (χ0n) is 12.5. The summed E-state index contributed by atoms with van der Waals surface area (Å²) in [6, 6.07) is 1.19. The molecule has 0 bridgehead atoms. The molecule has 0 saturated heterocycles. The van der Waals surface area contributed by atoms with Gasteiger partial charge in [0.1, 0.15) is 0 Å². The Labute approximate surface area is 128 Å². The maximum absolute atomic E-state index is 12.8. The molecule has 0 heterocycles. The number of ether oxygens (including phenoxy) is 1. The second kappa shape index (κ2) is 6.64. The minimum atomic E-state index is -4.94. The lowest BCUT2D eigenvalue weighted by Crippen LogP contribution is -2.12. The first kappa shape index (κ1) is 19.1.